The Morgan fingerprint density at radius 2 is 2.26 bits per heavy atom. The lowest BCUT2D eigenvalue weighted by atomic mass is 9.90. The van der Waals surface area contributed by atoms with Crippen molar-refractivity contribution in [2.45, 2.75) is 26.7 Å². The molecule has 2 rings (SSSR count). The second kappa shape index (κ2) is 7.12. The molecule has 7 heteroatoms. The van der Waals surface area contributed by atoms with Crippen molar-refractivity contribution in [3.05, 3.63) is 17.8 Å². The first-order chi connectivity index (χ1) is 8.09. The van der Waals surface area contributed by atoms with Gasteiger partial charge in [-0.1, -0.05) is 13.8 Å². The highest BCUT2D eigenvalue weighted by Crippen LogP contribution is 2.29. The molecule has 1 fully saturated rings. The van der Waals surface area contributed by atoms with Crippen molar-refractivity contribution in [3.63, 3.8) is 0 Å². The molecule has 0 spiro atoms. The summed E-state index contributed by atoms with van der Waals surface area (Å²) >= 11 is 0. The molecular formula is C12H21Cl2N3O2. The van der Waals surface area contributed by atoms with Gasteiger partial charge in [-0.25, -0.2) is 4.98 Å². The minimum absolute atomic E-state index is 0. The summed E-state index contributed by atoms with van der Waals surface area (Å²) < 4.78 is 5.19. The number of hydrogen-bond donors (Lipinski definition) is 1. The Labute approximate surface area is 125 Å². The van der Waals surface area contributed by atoms with Gasteiger partial charge < -0.3 is 15.1 Å². The van der Waals surface area contributed by atoms with Crippen LogP contribution in [0.4, 0.5) is 0 Å². The number of carbonyl (C=O) groups excluding carboxylic acids is 1. The van der Waals surface area contributed by atoms with E-state index in [1.165, 1.54) is 6.39 Å². The zero-order valence-electron chi connectivity index (χ0n) is 11.2. The number of aryl methyl sites for hydroxylation is 1. The van der Waals surface area contributed by atoms with E-state index in [9.17, 15) is 4.79 Å². The molecule has 1 aromatic heterocycles. The Balaban J connectivity index is 0.00000162. The van der Waals surface area contributed by atoms with Crippen LogP contribution in [0.15, 0.2) is 10.8 Å². The molecule has 5 nitrogen and oxygen atoms in total. The summed E-state index contributed by atoms with van der Waals surface area (Å²) in [5.41, 5.74) is 6.23. The van der Waals surface area contributed by atoms with Crippen molar-refractivity contribution in [3.8, 4) is 0 Å². The molecule has 0 saturated carbocycles. The molecule has 0 bridgehead atoms. The fourth-order valence-electron chi connectivity index (χ4n) is 2.21. The summed E-state index contributed by atoms with van der Waals surface area (Å²) in [7, 11) is 0. The van der Waals surface area contributed by atoms with Gasteiger partial charge in [0.2, 0.25) is 0 Å². The maximum absolute atomic E-state index is 12.3. The van der Waals surface area contributed by atoms with Crippen molar-refractivity contribution in [1.29, 1.82) is 0 Å². The Morgan fingerprint density at radius 3 is 2.79 bits per heavy atom. The van der Waals surface area contributed by atoms with Crippen LogP contribution in [0.3, 0.4) is 0 Å². The molecule has 19 heavy (non-hydrogen) atoms. The van der Waals surface area contributed by atoms with Crippen LogP contribution in [0.5, 0.6) is 0 Å². The number of amides is 1. The average molecular weight is 310 g/mol. The SMILES string of the molecule is CCc1ocnc1C(=O)N1CCC(C)(CN)C1.Cl.Cl. The standard InChI is InChI=1S/C12H19N3O2.2ClH/c1-3-9-10(14-8-17-9)11(16)15-5-4-12(2,6-13)7-15;;/h8H,3-7,13H2,1-2H3;2*1H. The van der Waals surface area contributed by atoms with Crippen molar-refractivity contribution in [1.82, 2.24) is 9.88 Å². The number of aromatic nitrogens is 1. The van der Waals surface area contributed by atoms with Crippen molar-refractivity contribution >= 4 is 30.7 Å². The zero-order chi connectivity index (χ0) is 12.5. The van der Waals surface area contributed by atoms with Crippen LogP contribution in [0.2, 0.25) is 0 Å². The number of likely N-dealkylation sites (tertiary alicyclic amines) is 1. The van der Waals surface area contributed by atoms with E-state index in [1.807, 2.05) is 11.8 Å². The molecule has 1 aliphatic heterocycles. The molecule has 0 aliphatic carbocycles. The molecule has 2 N–H and O–H groups in total. The number of rotatable bonds is 3. The molecule has 1 aliphatic rings. The largest absolute Gasteiger partial charge is 0.448 e. The van der Waals surface area contributed by atoms with Gasteiger partial charge in [-0.2, -0.15) is 0 Å². The van der Waals surface area contributed by atoms with Crippen molar-refractivity contribution in [2.75, 3.05) is 19.6 Å². The summed E-state index contributed by atoms with van der Waals surface area (Å²) in [6.07, 6.45) is 2.97. The third-order valence-electron chi connectivity index (χ3n) is 3.50. The van der Waals surface area contributed by atoms with E-state index >= 15 is 0 Å². The minimum Gasteiger partial charge on any atom is -0.448 e. The van der Waals surface area contributed by atoms with Gasteiger partial charge >= 0.3 is 0 Å². The highest BCUT2D eigenvalue weighted by molar-refractivity contribution is 5.93. The van der Waals surface area contributed by atoms with Crippen LogP contribution in [-0.2, 0) is 6.42 Å². The lowest BCUT2D eigenvalue weighted by molar-refractivity contribution is 0.0769. The first-order valence-electron chi connectivity index (χ1n) is 6.01. The molecule has 1 aromatic rings. The maximum Gasteiger partial charge on any atom is 0.276 e. The van der Waals surface area contributed by atoms with Crippen molar-refractivity contribution < 1.29 is 9.21 Å². The second-order valence-corrected chi connectivity index (χ2v) is 4.97. The van der Waals surface area contributed by atoms with Gasteiger partial charge in [0, 0.05) is 19.5 Å². The van der Waals surface area contributed by atoms with Gasteiger partial charge in [0.05, 0.1) is 0 Å². The molecule has 0 radical (unpaired) electrons. The Hall–Kier alpha value is -0.780. The summed E-state index contributed by atoms with van der Waals surface area (Å²) in [4.78, 5) is 18.1. The second-order valence-electron chi connectivity index (χ2n) is 4.97. The summed E-state index contributed by atoms with van der Waals surface area (Å²) in [5.74, 6) is 0.629. The molecular weight excluding hydrogens is 289 g/mol. The molecule has 1 atom stereocenters. The molecule has 2 heterocycles. The van der Waals surface area contributed by atoms with E-state index in [1.54, 1.807) is 0 Å². The highest BCUT2D eigenvalue weighted by Gasteiger charge is 2.36. The normalized spacial score (nSPS) is 21.7. The van der Waals surface area contributed by atoms with Crippen LogP contribution < -0.4 is 5.73 Å². The molecule has 110 valence electrons. The number of carbonyl (C=O) groups is 1. The van der Waals surface area contributed by atoms with Crippen LogP contribution >= 0.6 is 24.8 Å². The fraction of sp³-hybridized carbons (Fsp3) is 0.667. The summed E-state index contributed by atoms with van der Waals surface area (Å²) in [6, 6.07) is 0. The molecule has 1 amide bonds. The van der Waals surface area contributed by atoms with Crippen LogP contribution in [0.1, 0.15) is 36.5 Å². The smallest absolute Gasteiger partial charge is 0.276 e. The predicted octanol–water partition coefficient (Wildman–Crippen LogP) is 1.89. The lowest BCUT2D eigenvalue weighted by Crippen LogP contribution is -2.35. The molecule has 1 unspecified atom stereocenters. The van der Waals surface area contributed by atoms with E-state index in [0.29, 0.717) is 31.0 Å². The Morgan fingerprint density at radius 1 is 1.58 bits per heavy atom. The van der Waals surface area contributed by atoms with Crippen LogP contribution in [-0.4, -0.2) is 35.4 Å². The Kier molecular flexibility index (Phi) is 6.83. The van der Waals surface area contributed by atoms with Gasteiger partial charge in [-0.05, 0) is 18.4 Å². The van der Waals surface area contributed by atoms with E-state index in [2.05, 4.69) is 11.9 Å². The first kappa shape index (κ1) is 18.2. The molecule has 0 aromatic carbocycles. The number of nitrogens with zero attached hydrogens (tertiary/aromatic N) is 2. The number of hydrogen-bond acceptors (Lipinski definition) is 4. The van der Waals surface area contributed by atoms with Gasteiger partial charge in [-0.3, -0.25) is 4.79 Å². The molecule has 1 saturated heterocycles. The maximum atomic E-state index is 12.3. The van der Waals surface area contributed by atoms with E-state index in [-0.39, 0.29) is 36.1 Å². The quantitative estimate of drug-likeness (QED) is 0.925. The van der Waals surface area contributed by atoms with Crippen molar-refractivity contribution in [2.24, 2.45) is 11.1 Å². The fourth-order valence-corrected chi connectivity index (χ4v) is 2.21. The number of nitrogens with two attached hydrogens (primary N) is 1. The monoisotopic (exact) mass is 309 g/mol. The highest BCUT2D eigenvalue weighted by atomic mass is 35.5. The first-order valence-corrected chi connectivity index (χ1v) is 6.01. The van der Waals surface area contributed by atoms with Gasteiger partial charge in [0.1, 0.15) is 5.76 Å². The van der Waals surface area contributed by atoms with E-state index in [4.69, 9.17) is 10.2 Å². The minimum atomic E-state index is -0.0345. The predicted molar refractivity (Wildman–Crippen MR) is 78.1 cm³/mol. The third kappa shape index (κ3) is 3.61. The van der Waals surface area contributed by atoms with Gasteiger partial charge in [0.25, 0.3) is 5.91 Å². The van der Waals surface area contributed by atoms with Gasteiger partial charge in [0.15, 0.2) is 12.1 Å². The topological polar surface area (TPSA) is 72.4 Å². The number of oxazole rings is 1. The van der Waals surface area contributed by atoms with Crippen LogP contribution in [0, 0.1) is 5.41 Å². The average Bonchev–Trinajstić information content (AvgIpc) is 2.95. The van der Waals surface area contributed by atoms with Crippen LogP contribution in [0.25, 0.3) is 0 Å². The van der Waals surface area contributed by atoms with Gasteiger partial charge in [-0.15, -0.1) is 24.8 Å². The summed E-state index contributed by atoms with van der Waals surface area (Å²) in [5, 5.41) is 0. The van der Waals surface area contributed by atoms with E-state index in [0.717, 1.165) is 13.0 Å². The third-order valence-corrected chi connectivity index (χ3v) is 3.50. The number of halogens is 2. The summed E-state index contributed by atoms with van der Waals surface area (Å²) in [6.45, 7) is 6.13. The Bertz CT molecular complexity index is 425. The zero-order valence-corrected chi connectivity index (χ0v) is 12.9. The lowest BCUT2D eigenvalue weighted by Gasteiger charge is -2.22. The van der Waals surface area contributed by atoms with E-state index < -0.39 is 0 Å².